The highest BCUT2D eigenvalue weighted by atomic mass is 35.5. The maximum atomic E-state index is 13.5. The van der Waals surface area contributed by atoms with E-state index in [0.717, 1.165) is 6.07 Å². The quantitative estimate of drug-likeness (QED) is 0.915. The molecule has 108 valence electrons. The fourth-order valence-corrected chi connectivity index (χ4v) is 1.82. The normalized spacial score (nSPS) is 10.0. The number of carbonyl (C=O) groups excluding carboxylic acids is 2. The maximum Gasteiger partial charge on any atom is 0.258 e. The summed E-state index contributed by atoms with van der Waals surface area (Å²) in [6.07, 6.45) is 2.79. The van der Waals surface area contributed by atoms with E-state index in [4.69, 9.17) is 11.6 Å². The largest absolute Gasteiger partial charge is 0.324 e. The first-order valence-corrected chi connectivity index (χ1v) is 6.33. The highest BCUT2D eigenvalue weighted by Gasteiger charge is 2.12. The van der Waals surface area contributed by atoms with E-state index in [0.29, 0.717) is 5.69 Å². The molecule has 0 atom stereocenters. The molecule has 1 heterocycles. The van der Waals surface area contributed by atoms with Gasteiger partial charge in [-0.1, -0.05) is 11.6 Å². The van der Waals surface area contributed by atoms with Crippen LogP contribution in [0.5, 0.6) is 0 Å². The zero-order valence-corrected chi connectivity index (χ0v) is 11.7. The second kappa shape index (κ2) is 6.32. The molecule has 0 bridgehead atoms. The first kappa shape index (κ1) is 14.9. The summed E-state index contributed by atoms with van der Waals surface area (Å²) in [5.74, 6) is -1.48. The molecule has 21 heavy (non-hydrogen) atoms. The second-order valence-corrected chi connectivity index (χ2v) is 4.59. The molecule has 0 aliphatic heterocycles. The molecule has 0 unspecified atom stereocenters. The number of pyridine rings is 1. The fourth-order valence-electron chi connectivity index (χ4n) is 1.63. The highest BCUT2D eigenvalue weighted by Crippen LogP contribution is 2.21. The number of hydrogen-bond donors (Lipinski definition) is 2. The predicted octanol–water partition coefficient (Wildman–Crippen LogP) is 3.08. The zero-order valence-electron chi connectivity index (χ0n) is 11.0. The Hall–Kier alpha value is -2.47. The monoisotopic (exact) mass is 307 g/mol. The van der Waals surface area contributed by atoms with Gasteiger partial charge in [0.15, 0.2) is 0 Å². The van der Waals surface area contributed by atoms with Crippen LogP contribution in [-0.2, 0) is 4.79 Å². The van der Waals surface area contributed by atoms with Crippen LogP contribution in [0.1, 0.15) is 17.3 Å². The van der Waals surface area contributed by atoms with Crippen LogP contribution in [0.3, 0.4) is 0 Å². The van der Waals surface area contributed by atoms with Crippen molar-refractivity contribution in [2.45, 2.75) is 6.92 Å². The van der Waals surface area contributed by atoms with Crippen LogP contribution in [-0.4, -0.2) is 16.8 Å². The molecule has 2 amide bonds. The Balaban J connectivity index is 2.22. The summed E-state index contributed by atoms with van der Waals surface area (Å²) in [5.41, 5.74) is 0.507. The van der Waals surface area contributed by atoms with Gasteiger partial charge in [-0.25, -0.2) is 4.39 Å². The lowest BCUT2D eigenvalue weighted by atomic mass is 10.2. The third kappa shape index (κ3) is 3.76. The number of carbonyl (C=O) groups is 2. The van der Waals surface area contributed by atoms with E-state index in [9.17, 15) is 14.0 Å². The lowest BCUT2D eigenvalue weighted by molar-refractivity contribution is -0.114. The van der Waals surface area contributed by atoms with Crippen molar-refractivity contribution in [1.82, 2.24) is 4.98 Å². The van der Waals surface area contributed by atoms with Crippen molar-refractivity contribution < 1.29 is 14.0 Å². The number of amides is 2. The number of nitrogens with one attached hydrogen (secondary N) is 2. The molecule has 5 nitrogen and oxygen atoms in total. The molecule has 0 aliphatic carbocycles. The Bertz CT molecular complexity index is 706. The highest BCUT2D eigenvalue weighted by molar-refractivity contribution is 6.34. The van der Waals surface area contributed by atoms with E-state index in [1.165, 1.54) is 37.5 Å². The average Bonchev–Trinajstić information content (AvgIpc) is 2.42. The molecule has 0 saturated carbocycles. The molecule has 7 heteroatoms. The predicted molar refractivity (Wildman–Crippen MR) is 77.9 cm³/mol. The molecule has 0 radical (unpaired) electrons. The van der Waals surface area contributed by atoms with Gasteiger partial charge in [0.2, 0.25) is 5.91 Å². The van der Waals surface area contributed by atoms with Crippen molar-refractivity contribution in [2.24, 2.45) is 0 Å². The van der Waals surface area contributed by atoms with Crippen LogP contribution in [0.2, 0.25) is 5.02 Å². The number of aromatic nitrogens is 1. The fraction of sp³-hybridized carbons (Fsp3) is 0.0714. The summed E-state index contributed by atoms with van der Waals surface area (Å²) in [7, 11) is 0. The van der Waals surface area contributed by atoms with E-state index in [1.54, 1.807) is 0 Å². The third-order valence-corrected chi connectivity index (χ3v) is 2.88. The maximum absolute atomic E-state index is 13.5. The van der Waals surface area contributed by atoms with Gasteiger partial charge in [-0.2, -0.15) is 0 Å². The minimum absolute atomic E-state index is 0.0161. The van der Waals surface area contributed by atoms with Crippen molar-refractivity contribution in [3.63, 3.8) is 0 Å². The van der Waals surface area contributed by atoms with E-state index in [-0.39, 0.29) is 16.3 Å². The van der Waals surface area contributed by atoms with Gasteiger partial charge in [0, 0.05) is 25.0 Å². The van der Waals surface area contributed by atoms with Gasteiger partial charge in [-0.15, -0.1) is 0 Å². The molecule has 2 rings (SSSR count). The van der Waals surface area contributed by atoms with E-state index < -0.39 is 17.6 Å². The van der Waals surface area contributed by atoms with Crippen LogP contribution >= 0.6 is 11.6 Å². The molecule has 2 N–H and O–H groups in total. The molecule has 0 fully saturated rings. The lowest BCUT2D eigenvalue weighted by Gasteiger charge is -2.09. The number of anilines is 2. The lowest BCUT2D eigenvalue weighted by Crippen LogP contribution is -2.14. The minimum atomic E-state index is -0.595. The van der Waals surface area contributed by atoms with Crippen LogP contribution in [0.4, 0.5) is 15.8 Å². The summed E-state index contributed by atoms with van der Waals surface area (Å²) in [5, 5.41) is 5.15. The Morgan fingerprint density at radius 3 is 2.67 bits per heavy atom. The molecule has 2 aromatic rings. The van der Waals surface area contributed by atoms with Gasteiger partial charge in [-0.3, -0.25) is 14.6 Å². The molecular weight excluding hydrogens is 297 g/mol. The molecule has 0 aliphatic rings. The summed E-state index contributed by atoms with van der Waals surface area (Å²) >= 11 is 5.89. The number of rotatable bonds is 3. The first-order chi connectivity index (χ1) is 9.97. The molecular formula is C14H11ClFN3O2. The third-order valence-electron chi connectivity index (χ3n) is 2.55. The van der Waals surface area contributed by atoms with Crippen LogP contribution in [0.25, 0.3) is 0 Å². The molecule has 1 aromatic carbocycles. The smallest absolute Gasteiger partial charge is 0.258 e. The zero-order chi connectivity index (χ0) is 15.4. The van der Waals surface area contributed by atoms with Crippen LogP contribution < -0.4 is 10.6 Å². The first-order valence-electron chi connectivity index (χ1n) is 5.95. The topological polar surface area (TPSA) is 71.1 Å². The van der Waals surface area contributed by atoms with E-state index in [2.05, 4.69) is 15.6 Å². The summed E-state index contributed by atoms with van der Waals surface area (Å²) in [6, 6.07) is 5.33. The Morgan fingerprint density at radius 1 is 1.24 bits per heavy atom. The summed E-state index contributed by atoms with van der Waals surface area (Å²) in [4.78, 5) is 26.8. The summed E-state index contributed by atoms with van der Waals surface area (Å²) < 4.78 is 13.5. The SMILES string of the molecule is CC(=O)Nc1cc(NC(=O)c2cnccc2Cl)ccc1F. The Kier molecular flexibility index (Phi) is 4.49. The number of hydrogen-bond acceptors (Lipinski definition) is 3. The van der Waals surface area contributed by atoms with Crippen LogP contribution in [0.15, 0.2) is 36.7 Å². The van der Waals surface area contributed by atoms with Gasteiger partial charge in [0.25, 0.3) is 5.91 Å². The van der Waals surface area contributed by atoms with Gasteiger partial charge >= 0.3 is 0 Å². The van der Waals surface area contributed by atoms with Crippen molar-refractivity contribution in [2.75, 3.05) is 10.6 Å². The standard InChI is InChI=1S/C14H11ClFN3O2/c1-8(20)18-13-6-9(2-3-12(13)16)19-14(21)10-7-17-5-4-11(10)15/h2-7H,1H3,(H,18,20)(H,19,21). The molecule has 1 aromatic heterocycles. The van der Waals surface area contributed by atoms with Crippen molar-refractivity contribution >= 4 is 34.8 Å². The number of benzene rings is 1. The van der Waals surface area contributed by atoms with E-state index >= 15 is 0 Å². The van der Waals surface area contributed by atoms with Gasteiger partial charge in [-0.05, 0) is 24.3 Å². The van der Waals surface area contributed by atoms with Crippen molar-refractivity contribution in [3.8, 4) is 0 Å². The summed E-state index contributed by atoms with van der Waals surface area (Å²) in [6.45, 7) is 1.26. The second-order valence-electron chi connectivity index (χ2n) is 4.19. The Morgan fingerprint density at radius 2 is 2.00 bits per heavy atom. The molecule has 0 saturated heterocycles. The van der Waals surface area contributed by atoms with Crippen molar-refractivity contribution in [1.29, 1.82) is 0 Å². The van der Waals surface area contributed by atoms with Gasteiger partial charge in [0.1, 0.15) is 5.82 Å². The number of nitrogens with zero attached hydrogens (tertiary/aromatic N) is 1. The number of halogens is 2. The van der Waals surface area contributed by atoms with Gasteiger partial charge < -0.3 is 10.6 Å². The average molecular weight is 308 g/mol. The molecule has 0 spiro atoms. The Labute approximate surface area is 125 Å². The van der Waals surface area contributed by atoms with E-state index in [1.807, 2.05) is 0 Å². The van der Waals surface area contributed by atoms with Crippen molar-refractivity contribution in [3.05, 3.63) is 53.1 Å². The van der Waals surface area contributed by atoms with Gasteiger partial charge in [0.05, 0.1) is 16.3 Å². The minimum Gasteiger partial charge on any atom is -0.324 e. The van der Waals surface area contributed by atoms with Crippen LogP contribution in [0, 0.1) is 5.82 Å².